The molecule has 7 heteroatoms. The summed E-state index contributed by atoms with van der Waals surface area (Å²) in [4.78, 5) is 24.1. The number of fused-ring (bicyclic) bond motifs is 1. The molecule has 1 heterocycles. The lowest BCUT2D eigenvalue weighted by Crippen LogP contribution is -2.47. The number of carbonyl (C=O) groups excluding carboxylic acids is 2. The van der Waals surface area contributed by atoms with Crippen molar-refractivity contribution in [1.29, 1.82) is 0 Å². The Morgan fingerprint density at radius 2 is 2.04 bits per heavy atom. The zero-order chi connectivity index (χ0) is 20.4. The molecule has 3 amide bonds. The molecule has 1 unspecified atom stereocenters. The molecule has 4 N–H and O–H groups in total. The molecular weight excluding hydrogens is 361 g/mol. The summed E-state index contributed by atoms with van der Waals surface area (Å²) in [5, 5.41) is 6.66. The SMILES string of the molecule is Cc1c([C@@H](NC(=O)NC2CCC[C@H](C(N)=O)C2)C(C)C)oc2ccc(F)cc12. The number of carbonyl (C=O) groups is 2. The maximum absolute atomic E-state index is 13.6. The Balaban J connectivity index is 1.74. The number of benzene rings is 1. The van der Waals surface area contributed by atoms with Gasteiger partial charge in [0.05, 0.1) is 6.04 Å². The summed E-state index contributed by atoms with van der Waals surface area (Å²) in [6, 6.07) is 3.67. The molecule has 6 nitrogen and oxygen atoms in total. The van der Waals surface area contributed by atoms with Crippen LogP contribution in [0.15, 0.2) is 22.6 Å². The van der Waals surface area contributed by atoms with E-state index in [1.165, 1.54) is 12.1 Å². The largest absolute Gasteiger partial charge is 0.459 e. The number of hydrogen-bond donors (Lipinski definition) is 3. The molecule has 1 aliphatic carbocycles. The smallest absolute Gasteiger partial charge is 0.315 e. The highest BCUT2D eigenvalue weighted by atomic mass is 19.1. The topological polar surface area (TPSA) is 97.4 Å². The molecule has 1 fully saturated rings. The van der Waals surface area contributed by atoms with Crippen molar-refractivity contribution in [1.82, 2.24) is 10.6 Å². The van der Waals surface area contributed by atoms with E-state index < -0.39 is 0 Å². The van der Waals surface area contributed by atoms with E-state index in [0.717, 1.165) is 24.8 Å². The number of primary amides is 1. The van der Waals surface area contributed by atoms with Gasteiger partial charge in [-0.25, -0.2) is 9.18 Å². The molecule has 0 spiro atoms. The van der Waals surface area contributed by atoms with Crippen molar-refractivity contribution >= 4 is 22.9 Å². The molecule has 1 saturated carbocycles. The van der Waals surface area contributed by atoms with Crippen LogP contribution in [0.2, 0.25) is 0 Å². The zero-order valence-electron chi connectivity index (χ0n) is 16.5. The average molecular weight is 389 g/mol. The van der Waals surface area contributed by atoms with Crippen molar-refractivity contribution < 1.29 is 18.4 Å². The van der Waals surface area contributed by atoms with Crippen LogP contribution in [0, 0.1) is 24.6 Å². The number of nitrogens with two attached hydrogens (primary N) is 1. The molecular formula is C21H28FN3O3. The van der Waals surface area contributed by atoms with Crippen LogP contribution >= 0.6 is 0 Å². The van der Waals surface area contributed by atoms with Crippen LogP contribution in [0.5, 0.6) is 0 Å². The Morgan fingerprint density at radius 1 is 1.29 bits per heavy atom. The van der Waals surface area contributed by atoms with Gasteiger partial charge in [0, 0.05) is 22.9 Å². The van der Waals surface area contributed by atoms with Crippen molar-refractivity contribution in [3.63, 3.8) is 0 Å². The normalized spacial score (nSPS) is 20.9. The van der Waals surface area contributed by atoms with Crippen LogP contribution in [0.1, 0.15) is 56.9 Å². The van der Waals surface area contributed by atoms with Gasteiger partial charge in [-0.05, 0) is 50.3 Å². The molecule has 0 bridgehead atoms. The summed E-state index contributed by atoms with van der Waals surface area (Å²) in [7, 11) is 0. The molecule has 1 aliphatic rings. The van der Waals surface area contributed by atoms with Crippen LogP contribution < -0.4 is 16.4 Å². The number of urea groups is 1. The first-order chi connectivity index (χ1) is 13.3. The second-order valence-electron chi connectivity index (χ2n) is 8.03. The van der Waals surface area contributed by atoms with Crippen LogP contribution in [0.25, 0.3) is 11.0 Å². The monoisotopic (exact) mass is 389 g/mol. The lowest BCUT2D eigenvalue weighted by Gasteiger charge is -2.29. The molecule has 152 valence electrons. The highest BCUT2D eigenvalue weighted by Gasteiger charge is 2.29. The predicted molar refractivity (Wildman–Crippen MR) is 105 cm³/mol. The first kappa shape index (κ1) is 20.2. The quantitative estimate of drug-likeness (QED) is 0.723. The third-order valence-corrected chi connectivity index (χ3v) is 5.58. The van der Waals surface area contributed by atoms with Gasteiger partial charge in [-0.15, -0.1) is 0 Å². The summed E-state index contributed by atoms with van der Waals surface area (Å²) in [5.74, 6) is -0.121. The number of aryl methyl sites for hydroxylation is 1. The summed E-state index contributed by atoms with van der Waals surface area (Å²) in [6.45, 7) is 5.85. The maximum Gasteiger partial charge on any atom is 0.315 e. The van der Waals surface area contributed by atoms with Gasteiger partial charge in [-0.2, -0.15) is 0 Å². The van der Waals surface area contributed by atoms with Gasteiger partial charge in [-0.3, -0.25) is 4.79 Å². The number of hydrogen-bond acceptors (Lipinski definition) is 3. The minimum atomic E-state index is -0.356. The van der Waals surface area contributed by atoms with Crippen LogP contribution in [-0.2, 0) is 4.79 Å². The fourth-order valence-corrected chi connectivity index (χ4v) is 3.99. The maximum atomic E-state index is 13.6. The number of amides is 3. The molecule has 2 aromatic rings. The number of halogens is 1. The molecule has 1 aromatic heterocycles. The van der Waals surface area contributed by atoms with Gasteiger partial charge < -0.3 is 20.8 Å². The highest BCUT2D eigenvalue weighted by molar-refractivity contribution is 5.83. The highest BCUT2D eigenvalue weighted by Crippen LogP contribution is 2.33. The third kappa shape index (κ3) is 4.29. The number of nitrogens with one attached hydrogen (secondary N) is 2. The van der Waals surface area contributed by atoms with E-state index >= 15 is 0 Å². The van der Waals surface area contributed by atoms with Gasteiger partial charge in [0.15, 0.2) is 0 Å². The minimum absolute atomic E-state index is 0.0691. The third-order valence-electron chi connectivity index (χ3n) is 5.58. The van der Waals surface area contributed by atoms with E-state index in [-0.39, 0.29) is 41.7 Å². The first-order valence-electron chi connectivity index (χ1n) is 9.81. The fourth-order valence-electron chi connectivity index (χ4n) is 3.99. The van der Waals surface area contributed by atoms with Crippen molar-refractivity contribution in [3.05, 3.63) is 35.3 Å². The molecule has 0 aliphatic heterocycles. The fraction of sp³-hybridized carbons (Fsp3) is 0.524. The standard InChI is InChI=1S/C21H28FN3O3/c1-11(2)18(19-12(3)16-10-14(22)7-8-17(16)28-19)25-21(27)24-15-6-4-5-13(9-15)20(23)26/h7-8,10-11,13,15,18H,4-6,9H2,1-3H3,(H2,23,26)(H2,24,25,27)/t13-,15?,18-/m0/s1. The van der Waals surface area contributed by atoms with Gasteiger partial charge in [0.25, 0.3) is 0 Å². The van der Waals surface area contributed by atoms with Crippen molar-refractivity contribution in [2.24, 2.45) is 17.6 Å². The molecule has 3 atom stereocenters. The van der Waals surface area contributed by atoms with Crippen LogP contribution in [0.4, 0.5) is 9.18 Å². The average Bonchev–Trinajstić information content (AvgIpc) is 2.95. The second-order valence-corrected chi connectivity index (χ2v) is 8.03. The Morgan fingerprint density at radius 3 is 2.71 bits per heavy atom. The van der Waals surface area contributed by atoms with Crippen LogP contribution in [0.3, 0.4) is 0 Å². The van der Waals surface area contributed by atoms with Crippen LogP contribution in [-0.4, -0.2) is 18.0 Å². The van der Waals surface area contributed by atoms with Crippen molar-refractivity contribution in [2.75, 3.05) is 0 Å². The van der Waals surface area contributed by atoms with E-state index in [4.69, 9.17) is 10.2 Å². The molecule has 28 heavy (non-hydrogen) atoms. The van der Waals surface area contributed by atoms with Gasteiger partial charge >= 0.3 is 6.03 Å². The first-order valence-corrected chi connectivity index (χ1v) is 9.81. The zero-order valence-corrected chi connectivity index (χ0v) is 16.5. The van der Waals surface area contributed by atoms with E-state index in [0.29, 0.717) is 23.2 Å². The second kappa shape index (κ2) is 8.20. The van der Waals surface area contributed by atoms with E-state index in [2.05, 4.69) is 10.6 Å². The molecule has 0 radical (unpaired) electrons. The van der Waals surface area contributed by atoms with E-state index in [1.54, 1.807) is 6.07 Å². The molecule has 1 aromatic carbocycles. The van der Waals surface area contributed by atoms with Gasteiger partial charge in [-0.1, -0.05) is 20.3 Å². The van der Waals surface area contributed by atoms with Crippen molar-refractivity contribution in [3.8, 4) is 0 Å². The van der Waals surface area contributed by atoms with Crippen molar-refractivity contribution in [2.45, 2.75) is 58.5 Å². The van der Waals surface area contributed by atoms with E-state index in [9.17, 15) is 14.0 Å². The molecule has 0 saturated heterocycles. The summed E-state index contributed by atoms with van der Waals surface area (Å²) >= 11 is 0. The Kier molecular flexibility index (Phi) is 5.91. The summed E-state index contributed by atoms with van der Waals surface area (Å²) in [5.41, 5.74) is 6.83. The Bertz CT molecular complexity index is 877. The summed E-state index contributed by atoms with van der Waals surface area (Å²) in [6.07, 6.45) is 3.03. The number of furan rings is 1. The lowest BCUT2D eigenvalue weighted by molar-refractivity contribution is -0.122. The van der Waals surface area contributed by atoms with Gasteiger partial charge in [0.1, 0.15) is 17.2 Å². The van der Waals surface area contributed by atoms with Gasteiger partial charge in [0.2, 0.25) is 5.91 Å². The number of rotatable bonds is 5. The lowest BCUT2D eigenvalue weighted by atomic mass is 9.85. The van der Waals surface area contributed by atoms with E-state index in [1.807, 2.05) is 20.8 Å². The Hall–Kier alpha value is -2.57. The predicted octanol–water partition coefficient (Wildman–Crippen LogP) is 3.92. The Labute approximate surface area is 164 Å². The molecule has 3 rings (SSSR count). The summed E-state index contributed by atoms with van der Waals surface area (Å²) < 4.78 is 19.5. The minimum Gasteiger partial charge on any atom is -0.459 e.